The van der Waals surface area contributed by atoms with Gasteiger partial charge in [0.05, 0.1) is 0 Å². The standard InChI is InChI=1S/C25H32/c1-9-14-20-18(6)23(17(4)5)21-15-12-13-16-22(21)24(20)25(7,8)19(10-2)11-3/h9-17H,2H2,1,3-8H3/b14-9-,19-11+. The van der Waals surface area contributed by atoms with Gasteiger partial charge in [0.1, 0.15) is 0 Å². The normalized spacial score (nSPS) is 13.2. The van der Waals surface area contributed by atoms with Gasteiger partial charge in [-0.05, 0) is 65.3 Å². The van der Waals surface area contributed by atoms with Crippen LogP contribution in [0.4, 0.5) is 0 Å². The van der Waals surface area contributed by atoms with Crippen LogP contribution in [0.5, 0.6) is 0 Å². The van der Waals surface area contributed by atoms with Gasteiger partial charge in [-0.25, -0.2) is 0 Å². The molecule has 0 saturated heterocycles. The number of allylic oxidation sites excluding steroid dienone is 4. The molecule has 0 amide bonds. The second kappa shape index (κ2) is 7.44. The second-order valence-electron chi connectivity index (χ2n) is 7.60. The Balaban J connectivity index is 3.09. The molecule has 0 aromatic heterocycles. The van der Waals surface area contributed by atoms with Crippen molar-refractivity contribution >= 4 is 16.8 Å². The number of rotatable bonds is 5. The Morgan fingerprint density at radius 3 is 2.16 bits per heavy atom. The maximum absolute atomic E-state index is 4.06. The van der Waals surface area contributed by atoms with E-state index in [-0.39, 0.29) is 5.41 Å². The topological polar surface area (TPSA) is 0 Å². The molecular weight excluding hydrogens is 300 g/mol. The molecule has 0 aliphatic carbocycles. The molecule has 0 fully saturated rings. The highest BCUT2D eigenvalue weighted by molar-refractivity contribution is 5.95. The van der Waals surface area contributed by atoms with Gasteiger partial charge in [0, 0.05) is 5.41 Å². The Hall–Kier alpha value is -2.08. The molecule has 0 bridgehead atoms. The van der Waals surface area contributed by atoms with E-state index in [1.807, 2.05) is 6.08 Å². The van der Waals surface area contributed by atoms with E-state index in [0.29, 0.717) is 5.92 Å². The molecule has 0 spiro atoms. The zero-order valence-electron chi connectivity index (χ0n) is 16.9. The Morgan fingerprint density at radius 1 is 1.08 bits per heavy atom. The van der Waals surface area contributed by atoms with E-state index in [9.17, 15) is 0 Å². The lowest BCUT2D eigenvalue weighted by molar-refractivity contribution is 0.642. The van der Waals surface area contributed by atoms with Crippen LogP contribution in [0.25, 0.3) is 16.8 Å². The Kier molecular flexibility index (Phi) is 5.72. The fraction of sp³-hybridized carbons (Fsp3) is 0.360. The molecule has 0 atom stereocenters. The number of hydrogen-bond donors (Lipinski definition) is 0. The van der Waals surface area contributed by atoms with Gasteiger partial charge < -0.3 is 0 Å². The first kappa shape index (κ1) is 19.2. The summed E-state index contributed by atoms with van der Waals surface area (Å²) < 4.78 is 0. The quantitative estimate of drug-likeness (QED) is 0.492. The summed E-state index contributed by atoms with van der Waals surface area (Å²) in [6, 6.07) is 8.87. The second-order valence-corrected chi connectivity index (χ2v) is 7.60. The van der Waals surface area contributed by atoms with Crippen molar-refractivity contribution in [2.24, 2.45) is 0 Å². The van der Waals surface area contributed by atoms with Crippen molar-refractivity contribution in [1.29, 1.82) is 0 Å². The van der Waals surface area contributed by atoms with Crippen molar-refractivity contribution in [3.05, 3.63) is 76.9 Å². The van der Waals surface area contributed by atoms with Crippen molar-refractivity contribution in [2.45, 2.75) is 59.8 Å². The summed E-state index contributed by atoms with van der Waals surface area (Å²) in [5.74, 6) is 0.492. The summed E-state index contributed by atoms with van der Waals surface area (Å²) in [6.45, 7) is 19.8. The molecule has 2 aromatic carbocycles. The van der Waals surface area contributed by atoms with Gasteiger partial charge in [-0.15, -0.1) is 0 Å². The van der Waals surface area contributed by atoms with Crippen LogP contribution in [-0.2, 0) is 5.41 Å². The Labute approximate surface area is 154 Å². The van der Waals surface area contributed by atoms with Gasteiger partial charge in [0.2, 0.25) is 0 Å². The molecule has 0 radical (unpaired) electrons. The van der Waals surface area contributed by atoms with E-state index < -0.39 is 0 Å². The van der Waals surface area contributed by atoms with Gasteiger partial charge in [0.15, 0.2) is 0 Å². The molecule has 0 aliphatic rings. The maximum atomic E-state index is 4.06. The van der Waals surface area contributed by atoms with E-state index in [1.54, 1.807) is 0 Å². The van der Waals surface area contributed by atoms with Crippen LogP contribution in [0, 0.1) is 6.92 Å². The zero-order chi connectivity index (χ0) is 18.8. The molecule has 0 N–H and O–H groups in total. The van der Waals surface area contributed by atoms with Crippen LogP contribution in [0.3, 0.4) is 0 Å². The van der Waals surface area contributed by atoms with E-state index >= 15 is 0 Å². The van der Waals surface area contributed by atoms with Crippen molar-refractivity contribution in [3.8, 4) is 0 Å². The first-order chi connectivity index (χ1) is 11.8. The molecular formula is C25H32. The van der Waals surface area contributed by atoms with Crippen LogP contribution in [0.1, 0.15) is 69.7 Å². The number of fused-ring (bicyclic) bond motifs is 1. The first-order valence-electron chi connectivity index (χ1n) is 9.28. The maximum Gasteiger partial charge on any atom is 0.0155 e. The van der Waals surface area contributed by atoms with Crippen molar-refractivity contribution in [2.75, 3.05) is 0 Å². The fourth-order valence-corrected chi connectivity index (χ4v) is 4.29. The molecule has 0 nitrogen and oxygen atoms in total. The third-order valence-corrected chi connectivity index (χ3v) is 5.35. The third kappa shape index (κ3) is 3.23. The molecule has 25 heavy (non-hydrogen) atoms. The molecule has 0 aliphatic heterocycles. The highest BCUT2D eigenvalue weighted by Gasteiger charge is 2.30. The van der Waals surface area contributed by atoms with Crippen LogP contribution in [-0.4, -0.2) is 0 Å². The number of hydrogen-bond acceptors (Lipinski definition) is 0. The van der Waals surface area contributed by atoms with Gasteiger partial charge in [-0.3, -0.25) is 0 Å². The highest BCUT2D eigenvalue weighted by atomic mass is 14.3. The van der Waals surface area contributed by atoms with Crippen molar-refractivity contribution in [3.63, 3.8) is 0 Å². The number of benzene rings is 2. The third-order valence-electron chi connectivity index (χ3n) is 5.35. The van der Waals surface area contributed by atoms with Crippen LogP contribution < -0.4 is 0 Å². The van der Waals surface area contributed by atoms with Crippen LogP contribution in [0.2, 0.25) is 0 Å². The highest BCUT2D eigenvalue weighted by Crippen LogP contribution is 2.44. The Morgan fingerprint density at radius 2 is 1.68 bits per heavy atom. The zero-order valence-corrected chi connectivity index (χ0v) is 16.9. The predicted molar refractivity (Wildman–Crippen MR) is 114 cm³/mol. The van der Waals surface area contributed by atoms with Gasteiger partial charge in [-0.1, -0.05) is 82.8 Å². The van der Waals surface area contributed by atoms with Crippen molar-refractivity contribution < 1.29 is 0 Å². The Bertz CT molecular complexity index is 842. The SMILES string of the molecule is C=C/C(=C\C)C(C)(C)c1c(/C=C\C)c(C)c(C(C)C)c2ccccc12. The average molecular weight is 333 g/mol. The average Bonchev–Trinajstić information content (AvgIpc) is 2.55. The van der Waals surface area contributed by atoms with Crippen molar-refractivity contribution in [1.82, 2.24) is 0 Å². The van der Waals surface area contributed by atoms with E-state index in [0.717, 1.165) is 0 Å². The van der Waals surface area contributed by atoms with Gasteiger partial charge >= 0.3 is 0 Å². The molecule has 2 rings (SSSR count). The summed E-state index contributed by atoms with van der Waals surface area (Å²) in [5, 5.41) is 2.74. The summed E-state index contributed by atoms with van der Waals surface area (Å²) in [7, 11) is 0. The minimum atomic E-state index is -0.106. The van der Waals surface area contributed by atoms with Gasteiger partial charge in [-0.2, -0.15) is 0 Å². The predicted octanol–water partition coefficient (Wildman–Crippen LogP) is 7.71. The lowest BCUT2D eigenvalue weighted by Gasteiger charge is -2.33. The molecule has 132 valence electrons. The van der Waals surface area contributed by atoms with E-state index in [4.69, 9.17) is 0 Å². The van der Waals surface area contributed by atoms with Gasteiger partial charge in [0.25, 0.3) is 0 Å². The smallest absolute Gasteiger partial charge is 0.0155 e. The molecule has 0 heterocycles. The summed E-state index contributed by atoms with van der Waals surface area (Å²) in [4.78, 5) is 0. The lowest BCUT2D eigenvalue weighted by Crippen LogP contribution is -2.22. The lowest BCUT2D eigenvalue weighted by atomic mass is 9.71. The van der Waals surface area contributed by atoms with E-state index in [2.05, 4.69) is 97.5 Å². The van der Waals surface area contributed by atoms with Crippen LogP contribution in [0.15, 0.2) is 54.6 Å². The fourth-order valence-electron chi connectivity index (χ4n) is 4.29. The monoisotopic (exact) mass is 332 g/mol. The molecule has 0 heteroatoms. The largest absolute Gasteiger partial charge is 0.0988 e. The molecule has 0 saturated carbocycles. The van der Waals surface area contributed by atoms with E-state index in [1.165, 1.54) is 38.6 Å². The summed E-state index contributed by atoms with van der Waals surface area (Å²) >= 11 is 0. The summed E-state index contributed by atoms with van der Waals surface area (Å²) in [5.41, 5.74) is 6.77. The first-order valence-corrected chi connectivity index (χ1v) is 9.28. The summed E-state index contributed by atoms with van der Waals surface area (Å²) in [6.07, 6.45) is 8.62. The molecule has 2 aromatic rings. The minimum Gasteiger partial charge on any atom is -0.0988 e. The molecule has 0 unspecified atom stereocenters. The minimum absolute atomic E-state index is 0.106. The van der Waals surface area contributed by atoms with Crippen LogP contribution >= 0.6 is 0 Å².